The molecule has 2 N–H and O–H groups in total. The summed E-state index contributed by atoms with van der Waals surface area (Å²) >= 11 is 0. The molecule has 0 bridgehead atoms. The van der Waals surface area contributed by atoms with Crippen LogP contribution in [-0.4, -0.2) is 24.4 Å². The lowest BCUT2D eigenvalue weighted by atomic mass is 10.1. The van der Waals surface area contributed by atoms with Gasteiger partial charge in [-0.1, -0.05) is 18.2 Å². The van der Waals surface area contributed by atoms with Gasteiger partial charge in [0.05, 0.1) is 6.54 Å². The maximum atomic E-state index is 13.3. The summed E-state index contributed by atoms with van der Waals surface area (Å²) in [6.45, 7) is -0.00734. The highest BCUT2D eigenvalue weighted by molar-refractivity contribution is 5.85. The summed E-state index contributed by atoms with van der Waals surface area (Å²) in [7, 11) is 0. The second-order valence-corrected chi connectivity index (χ2v) is 4.71. The van der Waals surface area contributed by atoms with Crippen LogP contribution in [0, 0.1) is 5.82 Å². The molecule has 2 amide bonds. The van der Waals surface area contributed by atoms with E-state index < -0.39 is 0 Å². The number of carbonyl (C=O) groups is 2. The van der Waals surface area contributed by atoms with E-state index in [4.69, 9.17) is 0 Å². The van der Waals surface area contributed by atoms with E-state index in [-0.39, 0.29) is 30.6 Å². The van der Waals surface area contributed by atoms with Gasteiger partial charge in [0.15, 0.2) is 0 Å². The molecule has 0 unspecified atom stereocenters. The molecule has 1 aliphatic carbocycles. The summed E-state index contributed by atoms with van der Waals surface area (Å²) in [4.78, 5) is 22.9. The van der Waals surface area contributed by atoms with Crippen molar-refractivity contribution < 1.29 is 14.0 Å². The van der Waals surface area contributed by atoms with E-state index in [0.717, 1.165) is 12.8 Å². The molecular weight excluding hydrogens is 247 g/mol. The van der Waals surface area contributed by atoms with E-state index in [2.05, 4.69) is 10.6 Å². The summed E-state index contributed by atoms with van der Waals surface area (Å²) in [5, 5.41) is 5.31. The molecule has 5 heteroatoms. The predicted octanol–water partition coefficient (Wildman–Crippen LogP) is 1.15. The van der Waals surface area contributed by atoms with E-state index in [1.807, 2.05) is 0 Å². The molecule has 0 spiro atoms. The molecule has 0 aromatic heterocycles. The van der Waals surface area contributed by atoms with Crippen LogP contribution < -0.4 is 10.6 Å². The first-order valence-electron chi connectivity index (χ1n) is 6.44. The van der Waals surface area contributed by atoms with Gasteiger partial charge in [-0.2, -0.15) is 0 Å². The van der Waals surface area contributed by atoms with Gasteiger partial charge in [-0.3, -0.25) is 9.59 Å². The Morgan fingerprint density at radius 2 is 1.95 bits per heavy atom. The number of nitrogens with one attached hydrogen (secondary N) is 2. The third-order valence-corrected chi connectivity index (χ3v) is 2.97. The van der Waals surface area contributed by atoms with Crippen molar-refractivity contribution in [3.8, 4) is 0 Å². The van der Waals surface area contributed by atoms with Crippen LogP contribution in [0.4, 0.5) is 4.39 Å². The average molecular weight is 264 g/mol. The molecule has 4 nitrogen and oxygen atoms in total. The Labute approximate surface area is 111 Å². The molecule has 102 valence electrons. The zero-order chi connectivity index (χ0) is 13.7. The van der Waals surface area contributed by atoms with Gasteiger partial charge in [-0.05, 0) is 30.9 Å². The second kappa shape index (κ2) is 6.31. The fourth-order valence-electron chi connectivity index (χ4n) is 1.72. The number of rotatable bonds is 6. The van der Waals surface area contributed by atoms with Gasteiger partial charge in [-0.25, -0.2) is 4.39 Å². The van der Waals surface area contributed by atoms with Crippen LogP contribution in [0.5, 0.6) is 0 Å². The number of aryl methyl sites for hydroxylation is 1. The number of hydrogen-bond donors (Lipinski definition) is 2. The molecule has 1 aromatic rings. The summed E-state index contributed by atoms with van der Waals surface area (Å²) in [5.74, 6) is -0.710. The molecule has 0 heterocycles. The smallest absolute Gasteiger partial charge is 0.239 e. The highest BCUT2D eigenvalue weighted by Gasteiger charge is 2.23. The lowest BCUT2D eigenvalue weighted by molar-refractivity contribution is -0.126. The van der Waals surface area contributed by atoms with Crippen LogP contribution in [0.25, 0.3) is 0 Å². The predicted molar refractivity (Wildman–Crippen MR) is 68.9 cm³/mol. The minimum Gasteiger partial charge on any atom is -0.352 e. The van der Waals surface area contributed by atoms with Crippen molar-refractivity contribution in [2.45, 2.75) is 31.7 Å². The first kappa shape index (κ1) is 13.5. The Morgan fingerprint density at radius 1 is 1.21 bits per heavy atom. The number of halogens is 1. The van der Waals surface area contributed by atoms with Gasteiger partial charge in [0, 0.05) is 12.5 Å². The minimum atomic E-state index is -0.304. The highest BCUT2D eigenvalue weighted by Crippen LogP contribution is 2.18. The summed E-state index contributed by atoms with van der Waals surface area (Å²) < 4.78 is 13.3. The molecule has 0 radical (unpaired) electrons. The van der Waals surface area contributed by atoms with E-state index >= 15 is 0 Å². The maximum absolute atomic E-state index is 13.3. The van der Waals surface area contributed by atoms with Crippen molar-refractivity contribution in [1.82, 2.24) is 10.6 Å². The van der Waals surface area contributed by atoms with Gasteiger partial charge in [0.2, 0.25) is 11.8 Å². The maximum Gasteiger partial charge on any atom is 0.239 e. The lowest BCUT2D eigenvalue weighted by Gasteiger charge is -2.06. The van der Waals surface area contributed by atoms with Crippen molar-refractivity contribution in [2.75, 3.05) is 6.54 Å². The molecule has 19 heavy (non-hydrogen) atoms. The van der Waals surface area contributed by atoms with Gasteiger partial charge in [-0.15, -0.1) is 0 Å². The number of carbonyl (C=O) groups excluding carboxylic acids is 2. The molecule has 1 aliphatic rings. The zero-order valence-electron chi connectivity index (χ0n) is 10.6. The molecular formula is C14H17FN2O2. The van der Waals surface area contributed by atoms with Gasteiger partial charge in [0.1, 0.15) is 5.82 Å². The summed E-state index contributed by atoms with van der Waals surface area (Å²) in [6, 6.07) is 6.67. The van der Waals surface area contributed by atoms with Crippen molar-refractivity contribution in [3.63, 3.8) is 0 Å². The van der Waals surface area contributed by atoms with Crippen LogP contribution in [0.15, 0.2) is 24.3 Å². The standard InChI is InChI=1S/C14H17FN2O2/c15-12-4-2-1-3-10(12)5-8-13(18)16-9-14(19)17-11-6-7-11/h1-4,11H,5-9H2,(H,16,18)(H,17,19). The molecule has 1 saturated carbocycles. The first-order chi connectivity index (χ1) is 9.15. The third kappa shape index (κ3) is 4.69. The van der Waals surface area contributed by atoms with Crippen LogP contribution >= 0.6 is 0 Å². The van der Waals surface area contributed by atoms with Crippen LogP contribution in [0.1, 0.15) is 24.8 Å². The van der Waals surface area contributed by atoms with Crippen molar-refractivity contribution in [3.05, 3.63) is 35.6 Å². The Bertz CT molecular complexity index is 472. The summed E-state index contributed by atoms with van der Waals surface area (Å²) in [6.07, 6.45) is 2.56. The van der Waals surface area contributed by atoms with Crippen molar-refractivity contribution >= 4 is 11.8 Å². The fourth-order valence-corrected chi connectivity index (χ4v) is 1.72. The molecule has 2 rings (SSSR count). The SMILES string of the molecule is O=C(CCc1ccccc1F)NCC(=O)NC1CC1. The molecule has 0 aliphatic heterocycles. The largest absolute Gasteiger partial charge is 0.352 e. The monoisotopic (exact) mass is 264 g/mol. The third-order valence-electron chi connectivity index (χ3n) is 2.97. The molecule has 1 aromatic carbocycles. The topological polar surface area (TPSA) is 58.2 Å². The normalized spacial score (nSPS) is 13.9. The van der Waals surface area contributed by atoms with Gasteiger partial charge >= 0.3 is 0 Å². The molecule has 0 atom stereocenters. The van der Waals surface area contributed by atoms with Crippen LogP contribution in [-0.2, 0) is 16.0 Å². The van der Waals surface area contributed by atoms with E-state index in [9.17, 15) is 14.0 Å². The average Bonchev–Trinajstić information content (AvgIpc) is 3.19. The Hall–Kier alpha value is -1.91. The van der Waals surface area contributed by atoms with Crippen LogP contribution in [0.3, 0.4) is 0 Å². The van der Waals surface area contributed by atoms with E-state index in [0.29, 0.717) is 18.0 Å². The molecule has 0 saturated heterocycles. The number of hydrogen-bond acceptors (Lipinski definition) is 2. The fraction of sp³-hybridized carbons (Fsp3) is 0.429. The van der Waals surface area contributed by atoms with E-state index in [1.165, 1.54) is 6.07 Å². The Kier molecular flexibility index (Phi) is 4.49. The summed E-state index contributed by atoms with van der Waals surface area (Å²) in [5.41, 5.74) is 0.514. The van der Waals surface area contributed by atoms with Gasteiger partial charge < -0.3 is 10.6 Å². The minimum absolute atomic E-state index is 0.00734. The second-order valence-electron chi connectivity index (χ2n) is 4.71. The number of amides is 2. The van der Waals surface area contributed by atoms with Crippen LogP contribution in [0.2, 0.25) is 0 Å². The first-order valence-corrected chi connectivity index (χ1v) is 6.44. The van der Waals surface area contributed by atoms with Crippen molar-refractivity contribution in [2.24, 2.45) is 0 Å². The lowest BCUT2D eigenvalue weighted by Crippen LogP contribution is -2.37. The Morgan fingerprint density at radius 3 is 2.63 bits per heavy atom. The highest BCUT2D eigenvalue weighted by atomic mass is 19.1. The van der Waals surface area contributed by atoms with E-state index in [1.54, 1.807) is 18.2 Å². The Balaban J connectivity index is 1.66. The quantitative estimate of drug-likeness (QED) is 0.810. The molecule has 1 fully saturated rings. The number of benzene rings is 1. The van der Waals surface area contributed by atoms with Gasteiger partial charge in [0.25, 0.3) is 0 Å². The van der Waals surface area contributed by atoms with Crippen molar-refractivity contribution in [1.29, 1.82) is 0 Å². The zero-order valence-corrected chi connectivity index (χ0v) is 10.6.